The molecule has 1 amide bonds. The molecule has 0 unspecified atom stereocenters. The monoisotopic (exact) mass is 386 g/mol. The molecule has 4 rings (SSSR count). The standard InChI is InChI=1S/C20H22N4O2.ClH/c25-20(15-7-9-21-10-8-15)23-16-4-3-5-18(12-16)26-14-17-13-24-11-2-1-6-19(24)22-17;/h1-6,11-13,15,21H,7-10,14H2,(H,23,25);1H. The first-order chi connectivity index (χ1) is 12.8. The number of amides is 1. The zero-order valence-electron chi connectivity index (χ0n) is 14.9. The fourth-order valence-corrected chi connectivity index (χ4v) is 3.21. The van der Waals surface area contributed by atoms with Gasteiger partial charge in [0.2, 0.25) is 5.91 Å². The minimum Gasteiger partial charge on any atom is -0.487 e. The number of anilines is 1. The number of piperidine rings is 1. The Bertz CT molecular complexity index is 873. The molecule has 0 atom stereocenters. The second-order valence-electron chi connectivity index (χ2n) is 6.53. The molecule has 1 aliphatic heterocycles. The zero-order chi connectivity index (χ0) is 17.8. The lowest BCUT2D eigenvalue weighted by atomic mass is 9.97. The highest BCUT2D eigenvalue weighted by Gasteiger charge is 2.20. The molecule has 27 heavy (non-hydrogen) atoms. The molecule has 0 radical (unpaired) electrons. The summed E-state index contributed by atoms with van der Waals surface area (Å²) in [6.07, 6.45) is 5.69. The van der Waals surface area contributed by atoms with E-state index in [1.807, 2.05) is 59.3 Å². The van der Waals surface area contributed by atoms with E-state index in [0.717, 1.165) is 43.0 Å². The van der Waals surface area contributed by atoms with Gasteiger partial charge in [-0.3, -0.25) is 4.79 Å². The smallest absolute Gasteiger partial charge is 0.227 e. The maximum atomic E-state index is 12.4. The summed E-state index contributed by atoms with van der Waals surface area (Å²) in [4.78, 5) is 16.9. The highest BCUT2D eigenvalue weighted by atomic mass is 35.5. The molecule has 142 valence electrons. The first kappa shape index (κ1) is 19.2. The van der Waals surface area contributed by atoms with Crippen LogP contribution in [0.5, 0.6) is 5.75 Å². The molecule has 0 saturated carbocycles. The number of carbonyl (C=O) groups excluding carboxylic acids is 1. The van der Waals surface area contributed by atoms with Crippen molar-refractivity contribution in [3.05, 3.63) is 60.6 Å². The third-order valence-electron chi connectivity index (χ3n) is 4.61. The summed E-state index contributed by atoms with van der Waals surface area (Å²) in [5.74, 6) is 0.882. The number of carbonyl (C=O) groups is 1. The highest BCUT2D eigenvalue weighted by molar-refractivity contribution is 5.92. The van der Waals surface area contributed by atoms with Gasteiger partial charge in [0.1, 0.15) is 18.0 Å². The van der Waals surface area contributed by atoms with Gasteiger partial charge in [-0.25, -0.2) is 4.98 Å². The van der Waals surface area contributed by atoms with Gasteiger partial charge in [0, 0.05) is 30.1 Å². The number of aromatic nitrogens is 2. The average Bonchev–Trinajstić information content (AvgIpc) is 3.10. The number of nitrogens with zero attached hydrogens (tertiary/aromatic N) is 2. The third kappa shape index (κ3) is 4.78. The summed E-state index contributed by atoms with van der Waals surface area (Å²) in [6, 6.07) is 13.4. The van der Waals surface area contributed by atoms with Crippen molar-refractivity contribution in [2.24, 2.45) is 5.92 Å². The third-order valence-corrected chi connectivity index (χ3v) is 4.61. The molecule has 3 aromatic rings. The number of pyridine rings is 1. The topological polar surface area (TPSA) is 67.7 Å². The Morgan fingerprint density at radius 3 is 2.89 bits per heavy atom. The van der Waals surface area contributed by atoms with Gasteiger partial charge in [-0.2, -0.15) is 0 Å². The maximum absolute atomic E-state index is 12.4. The molecule has 1 saturated heterocycles. The second kappa shape index (κ2) is 8.88. The Balaban J connectivity index is 0.00000210. The van der Waals surface area contributed by atoms with E-state index in [4.69, 9.17) is 4.74 Å². The van der Waals surface area contributed by atoms with Crippen LogP contribution < -0.4 is 15.4 Å². The molecular weight excluding hydrogens is 364 g/mol. The molecule has 3 heterocycles. The summed E-state index contributed by atoms with van der Waals surface area (Å²) >= 11 is 0. The van der Waals surface area contributed by atoms with E-state index >= 15 is 0 Å². The number of imidazole rings is 1. The minimum absolute atomic E-state index is 0. The molecule has 2 N–H and O–H groups in total. The van der Waals surface area contributed by atoms with Crippen molar-refractivity contribution in [3.8, 4) is 5.75 Å². The van der Waals surface area contributed by atoms with E-state index < -0.39 is 0 Å². The van der Waals surface area contributed by atoms with Crippen LogP contribution in [0.15, 0.2) is 54.9 Å². The first-order valence-electron chi connectivity index (χ1n) is 8.95. The zero-order valence-corrected chi connectivity index (χ0v) is 15.7. The minimum atomic E-state index is 0. The Morgan fingerprint density at radius 1 is 1.22 bits per heavy atom. The molecule has 1 aliphatic rings. The molecule has 7 heteroatoms. The maximum Gasteiger partial charge on any atom is 0.227 e. The SMILES string of the molecule is Cl.O=C(Nc1cccc(OCc2cn3ccccc3n2)c1)C1CCNCC1. The lowest BCUT2D eigenvalue weighted by Gasteiger charge is -2.21. The van der Waals surface area contributed by atoms with E-state index in [1.165, 1.54) is 0 Å². The lowest BCUT2D eigenvalue weighted by Crippen LogP contribution is -2.34. The number of ether oxygens (including phenoxy) is 1. The van der Waals surface area contributed by atoms with Gasteiger partial charge in [0.25, 0.3) is 0 Å². The quantitative estimate of drug-likeness (QED) is 0.706. The predicted molar refractivity (Wildman–Crippen MR) is 107 cm³/mol. The predicted octanol–water partition coefficient (Wildman–Crippen LogP) is 3.27. The normalized spacial score (nSPS) is 14.5. The Hall–Kier alpha value is -2.57. The van der Waals surface area contributed by atoms with Crippen molar-refractivity contribution in [2.45, 2.75) is 19.4 Å². The van der Waals surface area contributed by atoms with Gasteiger partial charge in [0.05, 0.1) is 5.69 Å². The summed E-state index contributed by atoms with van der Waals surface area (Å²) in [7, 11) is 0. The van der Waals surface area contributed by atoms with Crippen LogP contribution in [0, 0.1) is 5.92 Å². The summed E-state index contributed by atoms with van der Waals surface area (Å²) < 4.78 is 7.82. The fourth-order valence-electron chi connectivity index (χ4n) is 3.21. The molecule has 2 aromatic heterocycles. The van der Waals surface area contributed by atoms with Crippen molar-refractivity contribution >= 4 is 29.6 Å². The average molecular weight is 387 g/mol. The van der Waals surface area contributed by atoms with Crippen molar-refractivity contribution in [1.82, 2.24) is 14.7 Å². The number of nitrogens with one attached hydrogen (secondary N) is 2. The van der Waals surface area contributed by atoms with Crippen molar-refractivity contribution in [3.63, 3.8) is 0 Å². The number of rotatable bonds is 5. The van der Waals surface area contributed by atoms with Crippen molar-refractivity contribution < 1.29 is 9.53 Å². The molecule has 0 spiro atoms. The summed E-state index contributed by atoms with van der Waals surface area (Å²) in [5.41, 5.74) is 2.52. The van der Waals surface area contributed by atoms with E-state index in [-0.39, 0.29) is 24.2 Å². The number of benzene rings is 1. The van der Waals surface area contributed by atoms with Crippen LogP contribution >= 0.6 is 12.4 Å². The molecule has 1 aromatic carbocycles. The number of hydrogen-bond donors (Lipinski definition) is 2. The van der Waals surface area contributed by atoms with Gasteiger partial charge < -0.3 is 19.8 Å². The van der Waals surface area contributed by atoms with E-state index in [2.05, 4.69) is 15.6 Å². The van der Waals surface area contributed by atoms with Gasteiger partial charge in [-0.15, -0.1) is 12.4 Å². The van der Waals surface area contributed by atoms with E-state index in [1.54, 1.807) is 0 Å². The molecule has 0 bridgehead atoms. The van der Waals surface area contributed by atoms with Crippen LogP contribution in [0.25, 0.3) is 5.65 Å². The number of halogens is 1. The lowest BCUT2D eigenvalue weighted by molar-refractivity contribution is -0.120. The van der Waals surface area contributed by atoms with E-state index in [9.17, 15) is 4.79 Å². The number of fused-ring (bicyclic) bond motifs is 1. The molecule has 1 fully saturated rings. The van der Waals surface area contributed by atoms with Gasteiger partial charge in [0.15, 0.2) is 0 Å². The Kier molecular flexibility index (Phi) is 6.32. The first-order valence-corrected chi connectivity index (χ1v) is 8.95. The largest absolute Gasteiger partial charge is 0.487 e. The van der Waals surface area contributed by atoms with E-state index in [0.29, 0.717) is 12.4 Å². The Morgan fingerprint density at radius 2 is 2.07 bits per heavy atom. The van der Waals surface area contributed by atoms with Crippen molar-refractivity contribution in [1.29, 1.82) is 0 Å². The highest BCUT2D eigenvalue weighted by Crippen LogP contribution is 2.21. The van der Waals surface area contributed by atoms with Crippen LogP contribution in [0.4, 0.5) is 5.69 Å². The van der Waals surface area contributed by atoms with Gasteiger partial charge >= 0.3 is 0 Å². The molecule has 6 nitrogen and oxygen atoms in total. The second-order valence-corrected chi connectivity index (χ2v) is 6.53. The molecular formula is C20H23ClN4O2. The fraction of sp³-hybridized carbons (Fsp3) is 0.300. The van der Waals surface area contributed by atoms with Crippen LogP contribution in [0.3, 0.4) is 0 Å². The summed E-state index contributed by atoms with van der Waals surface area (Å²) in [5, 5.41) is 6.28. The van der Waals surface area contributed by atoms with Gasteiger partial charge in [-0.1, -0.05) is 12.1 Å². The van der Waals surface area contributed by atoms with Crippen LogP contribution in [-0.2, 0) is 11.4 Å². The Labute approximate surface area is 164 Å². The van der Waals surface area contributed by atoms with Crippen LogP contribution in [-0.4, -0.2) is 28.4 Å². The van der Waals surface area contributed by atoms with Crippen molar-refractivity contribution in [2.75, 3.05) is 18.4 Å². The number of hydrogen-bond acceptors (Lipinski definition) is 4. The molecule has 0 aliphatic carbocycles. The summed E-state index contributed by atoms with van der Waals surface area (Å²) in [6.45, 7) is 2.19. The van der Waals surface area contributed by atoms with Gasteiger partial charge in [-0.05, 0) is 50.2 Å². The van der Waals surface area contributed by atoms with Crippen LogP contribution in [0.1, 0.15) is 18.5 Å². The van der Waals surface area contributed by atoms with Crippen LogP contribution in [0.2, 0.25) is 0 Å².